The van der Waals surface area contributed by atoms with Crippen molar-refractivity contribution in [3.63, 3.8) is 0 Å². The number of carbonyl (C=O) groups is 1. The van der Waals surface area contributed by atoms with Gasteiger partial charge in [-0.2, -0.15) is 0 Å². The molecular formula is C15H21ClN2O2. The first-order chi connectivity index (χ1) is 9.33. The SMILES string of the molecule is CC(C)(C)OC(=O)NC1CNCc2ccc(Cl)cc2C1. The number of carbonyl (C=O) groups excluding carboxylic acids is 1. The fourth-order valence-electron chi connectivity index (χ4n) is 2.25. The van der Waals surface area contributed by atoms with Crippen molar-refractivity contribution in [3.8, 4) is 0 Å². The maximum absolute atomic E-state index is 11.8. The molecule has 1 heterocycles. The van der Waals surface area contributed by atoms with Crippen LogP contribution in [0.5, 0.6) is 0 Å². The van der Waals surface area contributed by atoms with Gasteiger partial charge in [-0.05, 0) is 50.5 Å². The van der Waals surface area contributed by atoms with Crippen LogP contribution in [-0.2, 0) is 17.7 Å². The van der Waals surface area contributed by atoms with Crippen LogP contribution in [0.1, 0.15) is 31.9 Å². The first kappa shape index (κ1) is 15.1. The zero-order valence-corrected chi connectivity index (χ0v) is 12.9. The van der Waals surface area contributed by atoms with Crippen molar-refractivity contribution in [2.45, 2.75) is 45.4 Å². The lowest BCUT2D eigenvalue weighted by Gasteiger charge is -2.23. The van der Waals surface area contributed by atoms with E-state index in [0.717, 1.165) is 18.0 Å². The average Bonchev–Trinajstić information content (AvgIpc) is 2.47. The zero-order chi connectivity index (χ0) is 14.8. The third-order valence-electron chi connectivity index (χ3n) is 3.06. The minimum atomic E-state index is -0.483. The first-order valence-electron chi connectivity index (χ1n) is 6.81. The summed E-state index contributed by atoms with van der Waals surface area (Å²) < 4.78 is 5.29. The van der Waals surface area contributed by atoms with E-state index in [1.54, 1.807) is 0 Å². The normalized spacial score (nSPS) is 18.9. The highest BCUT2D eigenvalue weighted by Crippen LogP contribution is 2.19. The number of ether oxygens (including phenoxy) is 1. The molecule has 0 radical (unpaired) electrons. The van der Waals surface area contributed by atoms with Gasteiger partial charge in [0.2, 0.25) is 0 Å². The van der Waals surface area contributed by atoms with Gasteiger partial charge in [-0.15, -0.1) is 0 Å². The van der Waals surface area contributed by atoms with E-state index in [1.165, 1.54) is 11.1 Å². The highest BCUT2D eigenvalue weighted by molar-refractivity contribution is 6.30. The van der Waals surface area contributed by atoms with Crippen molar-refractivity contribution < 1.29 is 9.53 Å². The Hall–Kier alpha value is -1.26. The van der Waals surface area contributed by atoms with Gasteiger partial charge in [0.05, 0.1) is 0 Å². The van der Waals surface area contributed by atoms with Gasteiger partial charge in [0.25, 0.3) is 0 Å². The molecule has 0 aromatic heterocycles. The fraction of sp³-hybridized carbons (Fsp3) is 0.533. The van der Waals surface area contributed by atoms with Crippen LogP contribution in [0, 0.1) is 0 Å². The van der Waals surface area contributed by atoms with Gasteiger partial charge in [-0.25, -0.2) is 4.79 Å². The molecule has 4 nitrogen and oxygen atoms in total. The Morgan fingerprint density at radius 3 is 2.85 bits per heavy atom. The monoisotopic (exact) mass is 296 g/mol. The number of halogens is 1. The Bertz CT molecular complexity index is 497. The molecule has 1 atom stereocenters. The number of benzene rings is 1. The molecule has 5 heteroatoms. The van der Waals surface area contributed by atoms with Crippen LogP contribution in [0.4, 0.5) is 4.79 Å². The van der Waals surface area contributed by atoms with Crippen LogP contribution in [0.15, 0.2) is 18.2 Å². The molecule has 1 aliphatic rings. The molecule has 20 heavy (non-hydrogen) atoms. The van der Waals surface area contributed by atoms with Gasteiger partial charge in [0.1, 0.15) is 5.60 Å². The number of amides is 1. The van der Waals surface area contributed by atoms with Gasteiger partial charge in [0, 0.05) is 24.2 Å². The van der Waals surface area contributed by atoms with Crippen LogP contribution in [0.3, 0.4) is 0 Å². The second-order valence-electron chi connectivity index (χ2n) is 6.09. The van der Waals surface area contributed by atoms with Gasteiger partial charge < -0.3 is 15.4 Å². The minimum absolute atomic E-state index is 0.00423. The number of hydrogen-bond donors (Lipinski definition) is 2. The molecule has 0 fully saturated rings. The zero-order valence-electron chi connectivity index (χ0n) is 12.1. The summed E-state index contributed by atoms with van der Waals surface area (Å²) >= 11 is 6.04. The molecule has 0 aliphatic carbocycles. The second-order valence-corrected chi connectivity index (χ2v) is 6.53. The number of fused-ring (bicyclic) bond motifs is 1. The maximum atomic E-state index is 11.8. The summed E-state index contributed by atoms with van der Waals surface area (Å²) in [6.45, 7) is 7.07. The van der Waals surface area contributed by atoms with Crippen molar-refractivity contribution in [2.24, 2.45) is 0 Å². The summed E-state index contributed by atoms with van der Waals surface area (Å²) in [5, 5.41) is 6.96. The average molecular weight is 297 g/mol. The summed E-state index contributed by atoms with van der Waals surface area (Å²) in [5.41, 5.74) is 1.91. The van der Waals surface area contributed by atoms with Crippen molar-refractivity contribution >= 4 is 17.7 Å². The summed E-state index contributed by atoms with van der Waals surface area (Å²) in [4.78, 5) is 11.8. The molecule has 1 unspecified atom stereocenters. The highest BCUT2D eigenvalue weighted by atomic mass is 35.5. The molecule has 1 aromatic carbocycles. The molecule has 0 spiro atoms. The van der Waals surface area contributed by atoms with Crippen LogP contribution in [-0.4, -0.2) is 24.3 Å². The lowest BCUT2D eigenvalue weighted by Crippen LogP contribution is -2.44. The molecule has 1 aliphatic heterocycles. The van der Waals surface area contributed by atoms with Crippen molar-refractivity contribution in [2.75, 3.05) is 6.54 Å². The van der Waals surface area contributed by atoms with Crippen molar-refractivity contribution in [3.05, 3.63) is 34.3 Å². The number of rotatable bonds is 1. The molecule has 2 rings (SSSR count). The third-order valence-corrected chi connectivity index (χ3v) is 3.30. The van der Waals surface area contributed by atoms with E-state index in [-0.39, 0.29) is 12.1 Å². The Labute approximate surface area is 124 Å². The largest absolute Gasteiger partial charge is 0.444 e. The van der Waals surface area contributed by atoms with E-state index in [2.05, 4.69) is 10.6 Å². The lowest BCUT2D eigenvalue weighted by atomic mass is 10.0. The van der Waals surface area contributed by atoms with E-state index in [1.807, 2.05) is 39.0 Å². The van der Waals surface area contributed by atoms with Gasteiger partial charge in [-0.3, -0.25) is 0 Å². The molecule has 1 amide bonds. The topological polar surface area (TPSA) is 50.4 Å². The van der Waals surface area contributed by atoms with E-state index >= 15 is 0 Å². The summed E-state index contributed by atoms with van der Waals surface area (Å²) in [6.07, 6.45) is 0.372. The Morgan fingerprint density at radius 1 is 1.40 bits per heavy atom. The smallest absolute Gasteiger partial charge is 0.407 e. The summed E-state index contributed by atoms with van der Waals surface area (Å²) in [6, 6.07) is 5.89. The van der Waals surface area contributed by atoms with E-state index in [4.69, 9.17) is 16.3 Å². The van der Waals surface area contributed by atoms with E-state index in [9.17, 15) is 4.79 Å². The molecular weight excluding hydrogens is 276 g/mol. The van der Waals surface area contributed by atoms with Crippen LogP contribution >= 0.6 is 11.6 Å². The van der Waals surface area contributed by atoms with E-state index < -0.39 is 5.60 Å². The summed E-state index contributed by atoms with van der Waals surface area (Å²) in [5.74, 6) is 0. The quantitative estimate of drug-likeness (QED) is 0.838. The molecule has 0 saturated carbocycles. The van der Waals surface area contributed by atoms with E-state index in [0.29, 0.717) is 6.54 Å². The third kappa shape index (κ3) is 4.39. The number of nitrogens with one attached hydrogen (secondary N) is 2. The molecule has 0 bridgehead atoms. The van der Waals surface area contributed by atoms with Crippen molar-refractivity contribution in [1.29, 1.82) is 0 Å². The van der Waals surface area contributed by atoms with Gasteiger partial charge in [-0.1, -0.05) is 17.7 Å². The predicted octanol–water partition coefficient (Wildman–Crippen LogP) is 2.88. The van der Waals surface area contributed by atoms with Crippen LogP contribution < -0.4 is 10.6 Å². The number of hydrogen-bond acceptors (Lipinski definition) is 3. The Kier molecular flexibility index (Phi) is 4.55. The molecule has 2 N–H and O–H groups in total. The maximum Gasteiger partial charge on any atom is 0.407 e. The number of alkyl carbamates (subject to hydrolysis) is 1. The predicted molar refractivity (Wildman–Crippen MR) is 80.0 cm³/mol. The highest BCUT2D eigenvalue weighted by Gasteiger charge is 2.22. The molecule has 110 valence electrons. The molecule has 1 aromatic rings. The minimum Gasteiger partial charge on any atom is -0.444 e. The Morgan fingerprint density at radius 2 is 2.15 bits per heavy atom. The summed E-state index contributed by atoms with van der Waals surface area (Å²) in [7, 11) is 0. The molecule has 0 saturated heterocycles. The Balaban J connectivity index is 2.02. The second kappa shape index (κ2) is 6.02. The standard InChI is InChI=1S/C15H21ClN2O2/c1-15(2,3)20-14(19)18-13-7-11-6-12(16)5-4-10(11)8-17-9-13/h4-6,13,17H,7-9H2,1-3H3,(H,18,19). The first-order valence-corrected chi connectivity index (χ1v) is 7.19. The van der Waals surface area contributed by atoms with Crippen LogP contribution in [0.2, 0.25) is 5.02 Å². The van der Waals surface area contributed by atoms with Crippen molar-refractivity contribution in [1.82, 2.24) is 10.6 Å². The lowest BCUT2D eigenvalue weighted by molar-refractivity contribution is 0.0504. The fourth-order valence-corrected chi connectivity index (χ4v) is 2.45. The van der Waals surface area contributed by atoms with Gasteiger partial charge >= 0.3 is 6.09 Å². The van der Waals surface area contributed by atoms with Gasteiger partial charge in [0.15, 0.2) is 0 Å². The van der Waals surface area contributed by atoms with Crippen LogP contribution in [0.25, 0.3) is 0 Å².